The largest absolute Gasteiger partial charge is 0.362 e. The molecule has 1 N–H and O–H groups in total. The van der Waals surface area contributed by atoms with Gasteiger partial charge < -0.3 is 9.64 Å². The molecular weight excluding hydrogens is 176 g/mol. The van der Waals surface area contributed by atoms with Crippen molar-refractivity contribution in [2.24, 2.45) is 5.92 Å². The Hall–Kier alpha value is -0.120. The van der Waals surface area contributed by atoms with Crippen molar-refractivity contribution in [2.75, 3.05) is 26.2 Å². The molecule has 0 amide bonds. The summed E-state index contributed by atoms with van der Waals surface area (Å²) < 4.78 is 5.67. The molecule has 2 aliphatic heterocycles. The summed E-state index contributed by atoms with van der Waals surface area (Å²) in [5.41, 5.74) is 0. The highest BCUT2D eigenvalue weighted by molar-refractivity contribution is 4.80. The van der Waals surface area contributed by atoms with Gasteiger partial charge in [-0.05, 0) is 38.8 Å². The van der Waals surface area contributed by atoms with Crippen LogP contribution in [0.4, 0.5) is 0 Å². The summed E-state index contributed by atoms with van der Waals surface area (Å²) >= 11 is 0. The second-order valence-electron chi connectivity index (χ2n) is 4.67. The minimum Gasteiger partial charge on any atom is -0.362 e. The topological polar surface area (TPSA) is 24.5 Å². The maximum absolute atomic E-state index is 5.67. The van der Waals surface area contributed by atoms with Gasteiger partial charge in [-0.2, -0.15) is 0 Å². The van der Waals surface area contributed by atoms with E-state index in [9.17, 15) is 0 Å². The molecule has 3 nitrogen and oxygen atoms in total. The molecule has 0 saturated carbocycles. The van der Waals surface area contributed by atoms with E-state index in [0.29, 0.717) is 12.3 Å². The first-order chi connectivity index (χ1) is 6.78. The quantitative estimate of drug-likeness (QED) is 0.733. The second-order valence-corrected chi connectivity index (χ2v) is 4.67. The fourth-order valence-electron chi connectivity index (χ4n) is 2.51. The van der Waals surface area contributed by atoms with Gasteiger partial charge in [-0.1, -0.05) is 6.92 Å². The Bertz CT molecular complexity index is 186. The summed E-state index contributed by atoms with van der Waals surface area (Å²) in [6.07, 6.45) is 2.87. The smallest absolute Gasteiger partial charge is 0.108 e. The van der Waals surface area contributed by atoms with Crippen LogP contribution in [0.2, 0.25) is 0 Å². The van der Waals surface area contributed by atoms with Crippen LogP contribution in [0, 0.1) is 5.92 Å². The Labute approximate surface area is 86.8 Å². The lowest BCUT2D eigenvalue weighted by atomic mass is 10.0. The van der Waals surface area contributed by atoms with E-state index in [4.69, 9.17) is 4.74 Å². The average Bonchev–Trinajstić information content (AvgIpc) is 2.76. The highest BCUT2D eigenvalue weighted by Crippen LogP contribution is 2.22. The lowest BCUT2D eigenvalue weighted by Gasteiger charge is -2.16. The van der Waals surface area contributed by atoms with Gasteiger partial charge in [0.1, 0.15) is 6.23 Å². The number of hydrogen-bond donors (Lipinski definition) is 1. The molecule has 2 fully saturated rings. The number of rotatable bonds is 3. The third-order valence-corrected chi connectivity index (χ3v) is 3.38. The molecule has 0 aromatic heterocycles. The Kier molecular flexibility index (Phi) is 3.42. The van der Waals surface area contributed by atoms with Gasteiger partial charge in [0.05, 0.1) is 6.61 Å². The first kappa shape index (κ1) is 10.4. The predicted molar refractivity (Wildman–Crippen MR) is 57.2 cm³/mol. The van der Waals surface area contributed by atoms with E-state index < -0.39 is 0 Å². The second kappa shape index (κ2) is 4.60. The summed E-state index contributed by atoms with van der Waals surface area (Å²) in [6, 6.07) is 0.545. The van der Waals surface area contributed by atoms with Gasteiger partial charge in [-0.3, -0.25) is 5.32 Å². The van der Waals surface area contributed by atoms with E-state index in [-0.39, 0.29) is 0 Å². The van der Waals surface area contributed by atoms with Crippen LogP contribution < -0.4 is 5.32 Å². The molecule has 3 heteroatoms. The first-order valence-electron chi connectivity index (χ1n) is 5.88. The van der Waals surface area contributed by atoms with Gasteiger partial charge in [-0.15, -0.1) is 0 Å². The van der Waals surface area contributed by atoms with Crippen LogP contribution in [0.3, 0.4) is 0 Å². The number of likely N-dealkylation sites (tertiary alicyclic amines) is 1. The molecule has 2 saturated heterocycles. The molecule has 0 bridgehead atoms. The van der Waals surface area contributed by atoms with Gasteiger partial charge >= 0.3 is 0 Å². The third kappa shape index (κ3) is 2.47. The molecule has 0 spiro atoms. The molecule has 82 valence electrons. The lowest BCUT2D eigenvalue weighted by molar-refractivity contribution is 0.0798. The van der Waals surface area contributed by atoms with Crippen molar-refractivity contribution in [3.63, 3.8) is 0 Å². The van der Waals surface area contributed by atoms with E-state index in [1.807, 2.05) is 0 Å². The minimum atomic E-state index is 0.326. The monoisotopic (exact) mass is 198 g/mol. The fraction of sp³-hybridized carbons (Fsp3) is 1.00. The Morgan fingerprint density at radius 3 is 2.93 bits per heavy atom. The molecule has 2 rings (SSSR count). The van der Waals surface area contributed by atoms with E-state index in [0.717, 1.165) is 12.5 Å². The van der Waals surface area contributed by atoms with Crippen LogP contribution in [0.1, 0.15) is 26.7 Å². The van der Waals surface area contributed by atoms with Crippen molar-refractivity contribution in [1.29, 1.82) is 0 Å². The SMILES string of the molecule is CCN1CCC(CC2NC(C)CO2)C1. The summed E-state index contributed by atoms with van der Waals surface area (Å²) in [4.78, 5) is 2.53. The maximum atomic E-state index is 5.67. The van der Waals surface area contributed by atoms with Crippen LogP contribution in [0.15, 0.2) is 0 Å². The van der Waals surface area contributed by atoms with Crippen molar-refractivity contribution >= 4 is 0 Å². The molecule has 14 heavy (non-hydrogen) atoms. The lowest BCUT2D eigenvalue weighted by Crippen LogP contribution is -2.30. The molecule has 0 radical (unpaired) electrons. The van der Waals surface area contributed by atoms with Crippen molar-refractivity contribution in [1.82, 2.24) is 10.2 Å². The molecule has 0 aromatic carbocycles. The predicted octanol–water partition coefficient (Wildman–Crippen LogP) is 1.05. The van der Waals surface area contributed by atoms with Crippen LogP contribution in [-0.2, 0) is 4.74 Å². The molecule has 0 aromatic rings. The Morgan fingerprint density at radius 1 is 1.50 bits per heavy atom. The summed E-state index contributed by atoms with van der Waals surface area (Å²) in [7, 11) is 0. The standard InChI is InChI=1S/C11H22N2O/c1-3-13-5-4-10(7-13)6-11-12-9(2)8-14-11/h9-12H,3-8H2,1-2H3. The van der Waals surface area contributed by atoms with E-state index in [1.165, 1.54) is 32.5 Å². The Balaban J connectivity index is 1.71. The molecule has 2 heterocycles. The number of nitrogens with zero attached hydrogens (tertiary/aromatic N) is 1. The van der Waals surface area contributed by atoms with Crippen LogP contribution in [0.25, 0.3) is 0 Å². The van der Waals surface area contributed by atoms with Crippen molar-refractivity contribution < 1.29 is 4.74 Å². The van der Waals surface area contributed by atoms with Gasteiger partial charge in [0.25, 0.3) is 0 Å². The van der Waals surface area contributed by atoms with Crippen LogP contribution >= 0.6 is 0 Å². The number of hydrogen-bond acceptors (Lipinski definition) is 3. The minimum absolute atomic E-state index is 0.326. The molecular formula is C11H22N2O. The maximum Gasteiger partial charge on any atom is 0.108 e. The molecule has 3 unspecified atom stereocenters. The van der Waals surface area contributed by atoms with Crippen molar-refractivity contribution in [3.8, 4) is 0 Å². The van der Waals surface area contributed by atoms with Gasteiger partial charge in [0, 0.05) is 12.6 Å². The summed E-state index contributed by atoms with van der Waals surface area (Å²) in [6.45, 7) is 9.07. The first-order valence-corrected chi connectivity index (χ1v) is 5.88. The van der Waals surface area contributed by atoms with E-state index >= 15 is 0 Å². The fourth-order valence-corrected chi connectivity index (χ4v) is 2.51. The average molecular weight is 198 g/mol. The van der Waals surface area contributed by atoms with Gasteiger partial charge in [0.2, 0.25) is 0 Å². The molecule has 3 atom stereocenters. The number of ether oxygens (including phenoxy) is 1. The molecule has 2 aliphatic rings. The zero-order chi connectivity index (χ0) is 9.97. The summed E-state index contributed by atoms with van der Waals surface area (Å²) in [5.74, 6) is 0.845. The number of nitrogens with one attached hydrogen (secondary N) is 1. The van der Waals surface area contributed by atoms with Crippen molar-refractivity contribution in [2.45, 2.75) is 39.0 Å². The highest BCUT2D eigenvalue weighted by atomic mass is 16.5. The van der Waals surface area contributed by atoms with E-state index in [1.54, 1.807) is 0 Å². The van der Waals surface area contributed by atoms with E-state index in [2.05, 4.69) is 24.1 Å². The van der Waals surface area contributed by atoms with Crippen molar-refractivity contribution in [3.05, 3.63) is 0 Å². The highest BCUT2D eigenvalue weighted by Gasteiger charge is 2.28. The van der Waals surface area contributed by atoms with Crippen LogP contribution in [0.5, 0.6) is 0 Å². The zero-order valence-electron chi connectivity index (χ0n) is 9.33. The summed E-state index contributed by atoms with van der Waals surface area (Å²) in [5, 5.41) is 3.47. The van der Waals surface area contributed by atoms with Crippen LogP contribution in [-0.4, -0.2) is 43.4 Å². The third-order valence-electron chi connectivity index (χ3n) is 3.38. The van der Waals surface area contributed by atoms with Gasteiger partial charge in [0.15, 0.2) is 0 Å². The normalized spacial score (nSPS) is 39.4. The molecule has 0 aliphatic carbocycles. The Morgan fingerprint density at radius 2 is 2.36 bits per heavy atom. The van der Waals surface area contributed by atoms with Gasteiger partial charge in [-0.25, -0.2) is 0 Å². The zero-order valence-corrected chi connectivity index (χ0v) is 9.33.